The summed E-state index contributed by atoms with van der Waals surface area (Å²) < 4.78 is 18.8. The summed E-state index contributed by atoms with van der Waals surface area (Å²) >= 11 is 0. The molecule has 3 heterocycles. The van der Waals surface area contributed by atoms with Crippen molar-refractivity contribution in [1.29, 1.82) is 0 Å². The highest BCUT2D eigenvalue weighted by molar-refractivity contribution is 6.00. The molecule has 6 nitrogen and oxygen atoms in total. The number of hydrogen-bond acceptors (Lipinski definition) is 4. The summed E-state index contributed by atoms with van der Waals surface area (Å²) in [5, 5.41) is 0.960. The summed E-state index contributed by atoms with van der Waals surface area (Å²) in [5.41, 5.74) is 1.67. The van der Waals surface area contributed by atoms with Gasteiger partial charge in [-0.1, -0.05) is 6.07 Å². The average molecular weight is 330 g/mol. The van der Waals surface area contributed by atoms with E-state index in [0.717, 1.165) is 29.5 Å². The maximum absolute atomic E-state index is 13.0. The number of methoxy groups -OCH3 is 1. The Bertz CT molecular complexity index is 767. The van der Waals surface area contributed by atoms with Gasteiger partial charge in [0.2, 0.25) is 0 Å². The fraction of sp³-hybridized carbons (Fsp3) is 0.500. The Hall–Kier alpha value is -2.05. The number of likely N-dealkylation sites (tertiary alicyclic amines) is 1. The van der Waals surface area contributed by atoms with Crippen LogP contribution in [0.2, 0.25) is 0 Å². The fourth-order valence-corrected chi connectivity index (χ4v) is 3.71. The quantitative estimate of drug-likeness (QED) is 0.847. The second-order valence-corrected chi connectivity index (χ2v) is 6.38. The number of rotatable bonds is 2. The monoisotopic (exact) mass is 330 g/mol. The Labute approximate surface area is 140 Å². The molecule has 1 spiro atoms. The van der Waals surface area contributed by atoms with Crippen LogP contribution in [0, 0.1) is 0 Å². The first-order valence-corrected chi connectivity index (χ1v) is 8.33. The van der Waals surface area contributed by atoms with Crippen LogP contribution in [-0.4, -0.2) is 54.6 Å². The smallest absolute Gasteiger partial charge is 0.270 e. The average Bonchev–Trinajstić information content (AvgIpc) is 3.20. The Balaban J connectivity index is 1.59. The molecule has 0 unspecified atom stereocenters. The summed E-state index contributed by atoms with van der Waals surface area (Å²) in [6.45, 7) is 2.60. The number of aryl methyl sites for hydroxylation is 1. The van der Waals surface area contributed by atoms with Crippen molar-refractivity contribution in [1.82, 2.24) is 9.47 Å². The van der Waals surface area contributed by atoms with Crippen LogP contribution in [-0.2, 0) is 16.5 Å². The molecule has 6 heteroatoms. The lowest BCUT2D eigenvalue weighted by molar-refractivity contribution is -0.181. The first-order valence-electron chi connectivity index (χ1n) is 8.33. The molecule has 1 amide bonds. The van der Waals surface area contributed by atoms with Crippen molar-refractivity contribution in [2.45, 2.75) is 18.6 Å². The number of piperidine rings is 1. The first-order chi connectivity index (χ1) is 11.6. The van der Waals surface area contributed by atoms with Crippen LogP contribution >= 0.6 is 0 Å². The molecule has 2 saturated heterocycles. The third-order valence-corrected chi connectivity index (χ3v) is 5.11. The molecule has 0 N–H and O–H groups in total. The van der Waals surface area contributed by atoms with Crippen LogP contribution in [0.5, 0.6) is 5.75 Å². The number of carbonyl (C=O) groups is 1. The lowest BCUT2D eigenvalue weighted by Gasteiger charge is -2.37. The molecule has 128 valence electrons. The Kier molecular flexibility index (Phi) is 3.73. The molecule has 1 aromatic heterocycles. The normalized spacial score (nSPS) is 20.0. The minimum atomic E-state index is -0.459. The lowest BCUT2D eigenvalue weighted by atomic mass is 10.0. The summed E-state index contributed by atoms with van der Waals surface area (Å²) in [5.74, 6) is 0.370. The second-order valence-electron chi connectivity index (χ2n) is 6.38. The number of ether oxygens (including phenoxy) is 3. The predicted octanol–water partition coefficient (Wildman–Crippen LogP) is 2.17. The first kappa shape index (κ1) is 15.5. The van der Waals surface area contributed by atoms with Crippen LogP contribution in [0.1, 0.15) is 23.3 Å². The van der Waals surface area contributed by atoms with Gasteiger partial charge in [-0.3, -0.25) is 4.79 Å². The highest BCUT2D eigenvalue weighted by Gasteiger charge is 2.41. The van der Waals surface area contributed by atoms with Crippen molar-refractivity contribution in [3.05, 3.63) is 30.0 Å². The molecule has 0 radical (unpaired) electrons. The molecular formula is C18H22N2O4. The number of benzene rings is 1. The number of hydrogen-bond donors (Lipinski definition) is 0. The molecule has 2 aliphatic rings. The SMILES string of the molecule is COc1cccc2c1cc(C(=O)N1CCC3(CC1)OCCO3)n2C. The van der Waals surface area contributed by atoms with E-state index in [1.54, 1.807) is 7.11 Å². The summed E-state index contributed by atoms with van der Waals surface area (Å²) in [6, 6.07) is 7.77. The van der Waals surface area contributed by atoms with Crippen molar-refractivity contribution < 1.29 is 19.0 Å². The van der Waals surface area contributed by atoms with Crippen LogP contribution < -0.4 is 4.74 Å². The van der Waals surface area contributed by atoms with Gasteiger partial charge >= 0.3 is 0 Å². The zero-order chi connectivity index (χ0) is 16.7. The van der Waals surface area contributed by atoms with Crippen molar-refractivity contribution in [3.8, 4) is 5.75 Å². The van der Waals surface area contributed by atoms with E-state index in [4.69, 9.17) is 14.2 Å². The third-order valence-electron chi connectivity index (χ3n) is 5.11. The number of aromatic nitrogens is 1. The fourth-order valence-electron chi connectivity index (χ4n) is 3.71. The molecule has 1 aromatic carbocycles. The van der Waals surface area contributed by atoms with Crippen molar-refractivity contribution >= 4 is 16.8 Å². The Morgan fingerprint density at radius 3 is 2.58 bits per heavy atom. The summed E-state index contributed by atoms with van der Waals surface area (Å²) in [4.78, 5) is 14.9. The van der Waals surface area contributed by atoms with Gasteiger partial charge in [0, 0.05) is 38.4 Å². The van der Waals surface area contributed by atoms with Gasteiger partial charge in [-0.2, -0.15) is 0 Å². The van der Waals surface area contributed by atoms with E-state index in [2.05, 4.69) is 0 Å². The summed E-state index contributed by atoms with van der Waals surface area (Å²) in [6.07, 6.45) is 1.46. The molecule has 2 aliphatic heterocycles. The molecule has 0 saturated carbocycles. The molecule has 4 rings (SSSR count). The van der Waals surface area contributed by atoms with Crippen molar-refractivity contribution in [2.24, 2.45) is 7.05 Å². The van der Waals surface area contributed by atoms with Gasteiger partial charge in [0.25, 0.3) is 5.91 Å². The van der Waals surface area contributed by atoms with Gasteiger partial charge in [-0.25, -0.2) is 0 Å². The zero-order valence-corrected chi connectivity index (χ0v) is 14.1. The van der Waals surface area contributed by atoms with Gasteiger partial charge in [0.15, 0.2) is 5.79 Å². The number of fused-ring (bicyclic) bond motifs is 1. The van der Waals surface area contributed by atoms with Gasteiger partial charge in [-0.15, -0.1) is 0 Å². The van der Waals surface area contributed by atoms with Crippen LogP contribution in [0.15, 0.2) is 24.3 Å². The molecule has 0 bridgehead atoms. The third kappa shape index (κ3) is 2.37. The largest absolute Gasteiger partial charge is 0.496 e. The maximum atomic E-state index is 13.0. The topological polar surface area (TPSA) is 52.9 Å². The number of nitrogens with zero attached hydrogens (tertiary/aromatic N) is 2. The molecule has 0 atom stereocenters. The molecule has 2 aromatic rings. The lowest BCUT2D eigenvalue weighted by Crippen LogP contribution is -2.47. The van der Waals surface area contributed by atoms with E-state index in [9.17, 15) is 4.79 Å². The van der Waals surface area contributed by atoms with Crippen LogP contribution in [0.3, 0.4) is 0 Å². The molecular weight excluding hydrogens is 308 g/mol. The minimum absolute atomic E-state index is 0.0450. The van der Waals surface area contributed by atoms with E-state index in [-0.39, 0.29) is 5.91 Å². The standard InChI is InChI=1S/C18H22N2O4/c1-19-14-4-3-5-16(22-2)13(14)12-15(19)17(21)20-8-6-18(7-9-20)23-10-11-24-18/h3-5,12H,6-11H2,1-2H3. The molecule has 24 heavy (non-hydrogen) atoms. The molecule has 2 fully saturated rings. The van der Waals surface area contributed by atoms with Gasteiger partial charge in [0.1, 0.15) is 11.4 Å². The van der Waals surface area contributed by atoms with Gasteiger partial charge in [0.05, 0.1) is 25.8 Å². The minimum Gasteiger partial charge on any atom is -0.496 e. The van der Waals surface area contributed by atoms with Crippen LogP contribution in [0.4, 0.5) is 0 Å². The number of amides is 1. The zero-order valence-electron chi connectivity index (χ0n) is 14.1. The van der Waals surface area contributed by atoms with E-state index in [0.29, 0.717) is 32.0 Å². The van der Waals surface area contributed by atoms with Crippen LogP contribution in [0.25, 0.3) is 10.9 Å². The second kappa shape index (κ2) is 5.79. The Morgan fingerprint density at radius 1 is 1.21 bits per heavy atom. The van der Waals surface area contributed by atoms with Gasteiger partial charge in [-0.05, 0) is 18.2 Å². The van der Waals surface area contributed by atoms with Gasteiger partial charge < -0.3 is 23.7 Å². The van der Waals surface area contributed by atoms with Crippen molar-refractivity contribution in [2.75, 3.05) is 33.4 Å². The highest BCUT2D eigenvalue weighted by atomic mass is 16.7. The maximum Gasteiger partial charge on any atom is 0.270 e. The van der Waals surface area contributed by atoms with E-state index < -0.39 is 5.79 Å². The summed E-state index contributed by atoms with van der Waals surface area (Å²) in [7, 11) is 3.57. The van der Waals surface area contributed by atoms with E-state index >= 15 is 0 Å². The Morgan fingerprint density at radius 2 is 1.92 bits per heavy atom. The molecule has 0 aliphatic carbocycles. The number of carbonyl (C=O) groups excluding carboxylic acids is 1. The van der Waals surface area contributed by atoms with Crippen molar-refractivity contribution in [3.63, 3.8) is 0 Å². The highest BCUT2D eigenvalue weighted by Crippen LogP contribution is 2.33. The van der Waals surface area contributed by atoms with E-state index in [1.165, 1.54) is 0 Å². The predicted molar refractivity (Wildman–Crippen MR) is 89.2 cm³/mol. The van der Waals surface area contributed by atoms with E-state index in [1.807, 2.05) is 40.8 Å².